The van der Waals surface area contributed by atoms with Crippen LogP contribution in [0.4, 0.5) is 5.69 Å². The average Bonchev–Trinajstić information content (AvgIpc) is 3.21. The molecule has 0 spiro atoms. The molecule has 6 heteroatoms. The van der Waals surface area contributed by atoms with Crippen molar-refractivity contribution in [3.05, 3.63) is 36.3 Å². The summed E-state index contributed by atoms with van der Waals surface area (Å²) >= 11 is 0. The van der Waals surface area contributed by atoms with Gasteiger partial charge >= 0.3 is 0 Å². The van der Waals surface area contributed by atoms with Crippen LogP contribution < -0.4 is 19.1 Å². The molecule has 1 aromatic heterocycles. The van der Waals surface area contributed by atoms with Gasteiger partial charge in [0.25, 0.3) is 0 Å². The van der Waals surface area contributed by atoms with E-state index < -0.39 is 0 Å². The first kappa shape index (κ1) is 17.5. The maximum absolute atomic E-state index is 5.54. The molecule has 3 rings (SSSR count). The second-order valence-electron chi connectivity index (χ2n) is 6.10. The zero-order valence-electron chi connectivity index (χ0n) is 15.3. The number of anilines is 1. The van der Waals surface area contributed by atoms with Crippen LogP contribution in [0.5, 0.6) is 17.2 Å². The smallest absolute Gasteiger partial charge is 0.203 e. The van der Waals surface area contributed by atoms with Gasteiger partial charge in [0.1, 0.15) is 5.76 Å². The van der Waals surface area contributed by atoms with E-state index in [0.29, 0.717) is 17.2 Å². The first-order valence-corrected chi connectivity index (χ1v) is 8.50. The van der Waals surface area contributed by atoms with Crippen LogP contribution in [0, 0.1) is 0 Å². The van der Waals surface area contributed by atoms with Gasteiger partial charge in [-0.1, -0.05) is 0 Å². The number of ether oxygens (including phenoxy) is 3. The topological polar surface area (TPSA) is 47.3 Å². The standard InChI is InChI=1S/C19H26N2O4/c1-14(16-6-5-11-25-16)20-7-9-21(10-8-20)15-12-17(22-2)19(24-4)18(13-15)23-3/h5-6,11-14H,7-10H2,1-4H3. The molecule has 0 amide bonds. The predicted octanol–water partition coefficient (Wildman–Crippen LogP) is 3.19. The summed E-state index contributed by atoms with van der Waals surface area (Å²) in [6, 6.07) is 8.28. The van der Waals surface area contributed by atoms with Crippen LogP contribution in [0.2, 0.25) is 0 Å². The van der Waals surface area contributed by atoms with E-state index in [9.17, 15) is 0 Å². The van der Waals surface area contributed by atoms with Crippen LogP contribution in [-0.4, -0.2) is 52.4 Å². The van der Waals surface area contributed by atoms with Crippen LogP contribution in [0.15, 0.2) is 34.9 Å². The van der Waals surface area contributed by atoms with E-state index in [1.807, 2.05) is 24.3 Å². The lowest BCUT2D eigenvalue weighted by atomic mass is 10.1. The van der Waals surface area contributed by atoms with E-state index in [1.165, 1.54) is 0 Å². The highest BCUT2D eigenvalue weighted by Crippen LogP contribution is 2.41. The number of furan rings is 1. The van der Waals surface area contributed by atoms with Crippen LogP contribution in [0.3, 0.4) is 0 Å². The van der Waals surface area contributed by atoms with Gasteiger partial charge in [-0.25, -0.2) is 0 Å². The fourth-order valence-electron chi connectivity index (χ4n) is 3.33. The number of rotatable bonds is 6. The maximum Gasteiger partial charge on any atom is 0.203 e. The van der Waals surface area contributed by atoms with E-state index in [1.54, 1.807) is 27.6 Å². The first-order chi connectivity index (χ1) is 12.2. The van der Waals surface area contributed by atoms with Gasteiger partial charge in [0.2, 0.25) is 5.75 Å². The SMILES string of the molecule is COc1cc(N2CCN(C(C)c3ccco3)CC2)cc(OC)c1OC. The minimum atomic E-state index is 0.289. The Morgan fingerprint density at radius 2 is 1.60 bits per heavy atom. The van der Waals surface area contributed by atoms with Crippen molar-refractivity contribution in [2.75, 3.05) is 52.4 Å². The van der Waals surface area contributed by atoms with Gasteiger partial charge in [-0.2, -0.15) is 0 Å². The third-order valence-electron chi connectivity index (χ3n) is 4.83. The molecule has 1 fully saturated rings. The van der Waals surface area contributed by atoms with E-state index >= 15 is 0 Å². The fourth-order valence-corrected chi connectivity index (χ4v) is 3.33. The Labute approximate surface area is 148 Å². The van der Waals surface area contributed by atoms with Gasteiger partial charge in [0.05, 0.1) is 33.6 Å². The van der Waals surface area contributed by atoms with Gasteiger partial charge in [-0.3, -0.25) is 4.90 Å². The molecule has 0 aliphatic carbocycles. The number of nitrogens with zero attached hydrogens (tertiary/aromatic N) is 2. The number of benzene rings is 1. The molecule has 1 saturated heterocycles. The molecule has 1 aromatic carbocycles. The molecule has 1 aliphatic rings. The first-order valence-electron chi connectivity index (χ1n) is 8.50. The molecule has 6 nitrogen and oxygen atoms in total. The molecule has 1 unspecified atom stereocenters. The van der Waals surface area contributed by atoms with Gasteiger partial charge in [-0.05, 0) is 19.1 Å². The Bertz CT molecular complexity index is 654. The molecule has 0 bridgehead atoms. The number of hydrogen-bond acceptors (Lipinski definition) is 6. The minimum Gasteiger partial charge on any atom is -0.493 e. The highest BCUT2D eigenvalue weighted by molar-refractivity contribution is 5.63. The molecular weight excluding hydrogens is 320 g/mol. The molecule has 2 aromatic rings. The van der Waals surface area contributed by atoms with Gasteiger partial charge in [0, 0.05) is 44.0 Å². The number of methoxy groups -OCH3 is 3. The Morgan fingerprint density at radius 3 is 2.08 bits per heavy atom. The summed E-state index contributed by atoms with van der Waals surface area (Å²) in [6.45, 7) is 6.00. The summed E-state index contributed by atoms with van der Waals surface area (Å²) in [5.41, 5.74) is 1.08. The highest BCUT2D eigenvalue weighted by atomic mass is 16.5. The largest absolute Gasteiger partial charge is 0.493 e. The van der Waals surface area contributed by atoms with Crippen molar-refractivity contribution in [1.29, 1.82) is 0 Å². The lowest BCUT2D eigenvalue weighted by molar-refractivity contribution is 0.178. The van der Waals surface area contributed by atoms with Gasteiger partial charge in [0.15, 0.2) is 11.5 Å². The zero-order valence-corrected chi connectivity index (χ0v) is 15.3. The van der Waals surface area contributed by atoms with E-state index in [0.717, 1.165) is 37.6 Å². The summed E-state index contributed by atoms with van der Waals surface area (Å²) in [7, 11) is 4.91. The Balaban J connectivity index is 1.72. The quantitative estimate of drug-likeness (QED) is 0.801. The fraction of sp³-hybridized carbons (Fsp3) is 0.474. The lowest BCUT2D eigenvalue weighted by Gasteiger charge is -2.38. The Kier molecular flexibility index (Phi) is 5.38. The lowest BCUT2D eigenvalue weighted by Crippen LogP contribution is -2.47. The van der Waals surface area contributed by atoms with Gasteiger partial charge in [-0.15, -0.1) is 0 Å². The zero-order chi connectivity index (χ0) is 17.8. The molecule has 2 heterocycles. The third kappa shape index (κ3) is 3.54. The van der Waals surface area contributed by atoms with E-state index in [-0.39, 0.29) is 6.04 Å². The minimum absolute atomic E-state index is 0.289. The molecule has 0 N–H and O–H groups in total. The summed E-state index contributed by atoms with van der Waals surface area (Å²) in [4.78, 5) is 4.78. The summed E-state index contributed by atoms with van der Waals surface area (Å²) in [5.74, 6) is 3.01. The monoisotopic (exact) mass is 346 g/mol. The second-order valence-corrected chi connectivity index (χ2v) is 6.10. The molecule has 0 radical (unpaired) electrons. The molecule has 25 heavy (non-hydrogen) atoms. The normalized spacial score (nSPS) is 16.6. The summed E-state index contributed by atoms with van der Waals surface area (Å²) in [5, 5.41) is 0. The molecule has 0 saturated carbocycles. The van der Waals surface area contributed by atoms with Crippen molar-refractivity contribution >= 4 is 5.69 Å². The van der Waals surface area contributed by atoms with Crippen molar-refractivity contribution in [3.8, 4) is 17.2 Å². The van der Waals surface area contributed by atoms with Crippen LogP contribution in [0.25, 0.3) is 0 Å². The molecule has 1 aliphatic heterocycles. The average molecular weight is 346 g/mol. The van der Waals surface area contributed by atoms with Gasteiger partial charge < -0.3 is 23.5 Å². The van der Waals surface area contributed by atoms with Crippen molar-refractivity contribution in [2.24, 2.45) is 0 Å². The summed E-state index contributed by atoms with van der Waals surface area (Å²) in [6.07, 6.45) is 1.73. The molecule has 1 atom stereocenters. The number of piperazine rings is 1. The Hall–Kier alpha value is -2.34. The number of hydrogen-bond donors (Lipinski definition) is 0. The summed E-state index contributed by atoms with van der Waals surface area (Å²) < 4.78 is 21.9. The predicted molar refractivity (Wildman–Crippen MR) is 97.0 cm³/mol. The van der Waals surface area contributed by atoms with E-state index in [4.69, 9.17) is 18.6 Å². The third-order valence-corrected chi connectivity index (χ3v) is 4.83. The highest BCUT2D eigenvalue weighted by Gasteiger charge is 2.25. The van der Waals surface area contributed by atoms with Crippen molar-refractivity contribution in [2.45, 2.75) is 13.0 Å². The Morgan fingerprint density at radius 1 is 0.960 bits per heavy atom. The van der Waals surface area contributed by atoms with Crippen molar-refractivity contribution in [1.82, 2.24) is 4.90 Å². The molecule has 136 valence electrons. The van der Waals surface area contributed by atoms with Crippen LogP contribution >= 0.6 is 0 Å². The van der Waals surface area contributed by atoms with Crippen molar-refractivity contribution < 1.29 is 18.6 Å². The maximum atomic E-state index is 5.54. The molecular formula is C19H26N2O4. The van der Waals surface area contributed by atoms with Crippen LogP contribution in [-0.2, 0) is 0 Å². The second kappa shape index (κ2) is 7.70. The van der Waals surface area contributed by atoms with Crippen LogP contribution in [0.1, 0.15) is 18.7 Å². The van der Waals surface area contributed by atoms with Crippen molar-refractivity contribution in [3.63, 3.8) is 0 Å². The van der Waals surface area contributed by atoms with E-state index in [2.05, 4.69) is 16.7 Å².